The van der Waals surface area contributed by atoms with Gasteiger partial charge in [0.05, 0.1) is 0 Å². The molecule has 2 aromatic carbocycles. The Morgan fingerprint density at radius 1 is 1.08 bits per heavy atom. The first-order chi connectivity index (χ1) is 12.5. The van der Waals surface area contributed by atoms with Crippen LogP contribution in [-0.2, 0) is 13.1 Å². The van der Waals surface area contributed by atoms with Crippen LogP contribution in [0.1, 0.15) is 21.6 Å². The van der Waals surface area contributed by atoms with Crippen LogP contribution in [-0.4, -0.2) is 29.9 Å². The highest BCUT2D eigenvalue weighted by molar-refractivity contribution is 7.13. The summed E-state index contributed by atoms with van der Waals surface area (Å²) in [6.07, 6.45) is 0. The van der Waals surface area contributed by atoms with Gasteiger partial charge < -0.3 is 10.2 Å². The van der Waals surface area contributed by atoms with E-state index in [1.165, 1.54) is 16.9 Å². The second-order valence-corrected chi connectivity index (χ2v) is 7.58. The van der Waals surface area contributed by atoms with E-state index in [4.69, 9.17) is 11.6 Å². The minimum Gasteiger partial charge on any atom is -0.347 e. The molecule has 1 aromatic heterocycles. The maximum Gasteiger partial charge on any atom is 0.271 e. The molecule has 0 atom stereocenters. The number of carbonyl (C=O) groups is 1. The normalized spacial score (nSPS) is 10.9. The highest BCUT2D eigenvalue weighted by Crippen LogP contribution is 2.25. The number of hydrogen-bond donors (Lipinski definition) is 1. The molecule has 134 valence electrons. The summed E-state index contributed by atoms with van der Waals surface area (Å²) in [7, 11) is 4.08. The largest absolute Gasteiger partial charge is 0.347 e. The highest BCUT2D eigenvalue weighted by Gasteiger charge is 2.11. The first-order valence-corrected chi connectivity index (χ1v) is 9.49. The van der Waals surface area contributed by atoms with Gasteiger partial charge in [-0.3, -0.25) is 4.79 Å². The molecule has 1 amide bonds. The SMILES string of the molecule is CN(C)Cc1ccc(CNC(=O)c2csc(-c3ccc(Cl)cc3)n2)cc1. The lowest BCUT2D eigenvalue weighted by Gasteiger charge is -2.10. The standard InChI is InChI=1S/C20H20ClN3OS/c1-24(2)12-15-5-3-14(4-6-15)11-22-19(25)18-13-26-20(23-18)16-7-9-17(21)10-8-16/h3-10,13H,11-12H2,1-2H3,(H,22,25). The summed E-state index contributed by atoms with van der Waals surface area (Å²) in [5.41, 5.74) is 3.70. The molecule has 1 heterocycles. The Morgan fingerprint density at radius 3 is 2.38 bits per heavy atom. The Bertz CT molecular complexity index is 873. The number of carbonyl (C=O) groups excluding carboxylic acids is 1. The van der Waals surface area contributed by atoms with E-state index in [-0.39, 0.29) is 5.91 Å². The van der Waals surface area contributed by atoms with Gasteiger partial charge in [0.2, 0.25) is 0 Å². The third-order valence-corrected chi connectivity index (χ3v) is 4.95. The van der Waals surface area contributed by atoms with E-state index in [1.54, 1.807) is 5.38 Å². The summed E-state index contributed by atoms with van der Waals surface area (Å²) in [5, 5.41) is 6.19. The number of rotatable bonds is 6. The lowest BCUT2D eigenvalue weighted by Crippen LogP contribution is -2.23. The van der Waals surface area contributed by atoms with Crippen LogP contribution in [0.15, 0.2) is 53.9 Å². The van der Waals surface area contributed by atoms with Crippen LogP contribution in [0.2, 0.25) is 5.02 Å². The third kappa shape index (κ3) is 4.91. The van der Waals surface area contributed by atoms with Gasteiger partial charge in [-0.25, -0.2) is 4.98 Å². The molecule has 6 heteroatoms. The van der Waals surface area contributed by atoms with E-state index in [2.05, 4.69) is 27.3 Å². The van der Waals surface area contributed by atoms with E-state index in [0.29, 0.717) is 17.3 Å². The van der Waals surface area contributed by atoms with Crippen molar-refractivity contribution in [3.05, 3.63) is 75.8 Å². The van der Waals surface area contributed by atoms with E-state index in [0.717, 1.165) is 22.7 Å². The van der Waals surface area contributed by atoms with E-state index in [9.17, 15) is 4.79 Å². The average molecular weight is 386 g/mol. The van der Waals surface area contributed by atoms with Gasteiger partial charge in [0.1, 0.15) is 10.7 Å². The number of nitrogens with zero attached hydrogens (tertiary/aromatic N) is 2. The number of amides is 1. The quantitative estimate of drug-likeness (QED) is 0.681. The third-order valence-electron chi connectivity index (χ3n) is 3.80. The molecule has 0 bridgehead atoms. The molecule has 0 aliphatic heterocycles. The van der Waals surface area contributed by atoms with Gasteiger partial charge >= 0.3 is 0 Å². The van der Waals surface area contributed by atoms with Crippen molar-refractivity contribution in [1.29, 1.82) is 0 Å². The number of thiazole rings is 1. The van der Waals surface area contributed by atoms with E-state index in [1.807, 2.05) is 50.5 Å². The van der Waals surface area contributed by atoms with Crippen molar-refractivity contribution < 1.29 is 4.79 Å². The molecule has 0 aliphatic rings. The van der Waals surface area contributed by atoms with Crippen LogP contribution in [0.4, 0.5) is 0 Å². The highest BCUT2D eigenvalue weighted by atomic mass is 35.5. The summed E-state index contributed by atoms with van der Waals surface area (Å²) >= 11 is 7.35. The van der Waals surface area contributed by atoms with Crippen LogP contribution < -0.4 is 5.32 Å². The van der Waals surface area contributed by atoms with Gasteiger partial charge in [-0.1, -0.05) is 48.0 Å². The number of hydrogen-bond acceptors (Lipinski definition) is 4. The minimum absolute atomic E-state index is 0.168. The Hall–Kier alpha value is -2.21. The summed E-state index contributed by atoms with van der Waals surface area (Å²) in [6, 6.07) is 15.7. The van der Waals surface area contributed by atoms with Crippen LogP contribution in [0.3, 0.4) is 0 Å². The molecule has 3 aromatic rings. The second kappa shape index (κ2) is 8.45. The molecule has 1 N–H and O–H groups in total. The summed E-state index contributed by atoms with van der Waals surface area (Å²) in [4.78, 5) is 18.9. The zero-order valence-electron chi connectivity index (χ0n) is 14.7. The average Bonchev–Trinajstić information content (AvgIpc) is 3.11. The summed E-state index contributed by atoms with van der Waals surface area (Å²) in [6.45, 7) is 1.38. The van der Waals surface area contributed by atoms with Crippen molar-refractivity contribution in [3.8, 4) is 10.6 Å². The smallest absolute Gasteiger partial charge is 0.271 e. The molecule has 0 radical (unpaired) electrons. The van der Waals surface area contributed by atoms with Crippen molar-refractivity contribution in [2.45, 2.75) is 13.1 Å². The van der Waals surface area contributed by atoms with Gasteiger partial charge in [0, 0.05) is 29.1 Å². The molecule has 0 aliphatic carbocycles. The first-order valence-electron chi connectivity index (χ1n) is 8.23. The zero-order chi connectivity index (χ0) is 18.5. The number of halogens is 1. The van der Waals surface area contributed by atoms with Crippen molar-refractivity contribution >= 4 is 28.8 Å². The lowest BCUT2D eigenvalue weighted by atomic mass is 10.1. The number of aromatic nitrogens is 1. The number of benzene rings is 2. The summed E-state index contributed by atoms with van der Waals surface area (Å²) in [5.74, 6) is -0.168. The molecule has 4 nitrogen and oxygen atoms in total. The van der Waals surface area contributed by atoms with Crippen molar-refractivity contribution in [3.63, 3.8) is 0 Å². The molecule has 0 unspecified atom stereocenters. The predicted molar refractivity (Wildman–Crippen MR) is 108 cm³/mol. The fourth-order valence-electron chi connectivity index (χ4n) is 2.50. The van der Waals surface area contributed by atoms with Gasteiger partial charge in [0.25, 0.3) is 5.91 Å². The molecule has 0 fully saturated rings. The zero-order valence-corrected chi connectivity index (χ0v) is 16.3. The van der Waals surface area contributed by atoms with Gasteiger partial charge in [0.15, 0.2) is 0 Å². The first kappa shape index (κ1) is 18.6. The minimum atomic E-state index is -0.168. The molecule has 26 heavy (non-hydrogen) atoms. The Morgan fingerprint density at radius 2 is 1.73 bits per heavy atom. The predicted octanol–water partition coefficient (Wildman–Crippen LogP) is 4.46. The van der Waals surface area contributed by atoms with Gasteiger partial charge in [-0.2, -0.15) is 0 Å². The van der Waals surface area contributed by atoms with Crippen LogP contribution >= 0.6 is 22.9 Å². The maximum absolute atomic E-state index is 12.3. The lowest BCUT2D eigenvalue weighted by molar-refractivity contribution is 0.0946. The van der Waals surface area contributed by atoms with Crippen molar-refractivity contribution in [1.82, 2.24) is 15.2 Å². The monoisotopic (exact) mass is 385 g/mol. The van der Waals surface area contributed by atoms with Crippen LogP contribution in [0.5, 0.6) is 0 Å². The molecular formula is C20H20ClN3OS. The summed E-state index contributed by atoms with van der Waals surface area (Å²) < 4.78 is 0. The van der Waals surface area contributed by atoms with Crippen LogP contribution in [0.25, 0.3) is 10.6 Å². The Kier molecular flexibility index (Phi) is 6.04. The fourth-order valence-corrected chi connectivity index (χ4v) is 3.44. The fraction of sp³-hybridized carbons (Fsp3) is 0.200. The second-order valence-electron chi connectivity index (χ2n) is 6.28. The molecule has 0 saturated carbocycles. The van der Waals surface area contributed by atoms with Crippen LogP contribution in [0, 0.1) is 0 Å². The van der Waals surface area contributed by atoms with Gasteiger partial charge in [-0.15, -0.1) is 11.3 Å². The van der Waals surface area contributed by atoms with Gasteiger partial charge in [-0.05, 0) is 37.4 Å². The topological polar surface area (TPSA) is 45.2 Å². The van der Waals surface area contributed by atoms with E-state index < -0.39 is 0 Å². The Balaban J connectivity index is 1.59. The molecular weight excluding hydrogens is 366 g/mol. The van der Waals surface area contributed by atoms with Crippen molar-refractivity contribution in [2.75, 3.05) is 14.1 Å². The van der Waals surface area contributed by atoms with E-state index >= 15 is 0 Å². The number of nitrogens with one attached hydrogen (secondary N) is 1. The Labute approximate surface area is 162 Å². The molecule has 0 saturated heterocycles. The maximum atomic E-state index is 12.3. The molecule has 3 rings (SSSR count). The molecule has 0 spiro atoms. The van der Waals surface area contributed by atoms with Crippen molar-refractivity contribution in [2.24, 2.45) is 0 Å².